The number of nitrogens with zero attached hydrogens (tertiary/aromatic N) is 1. The van der Waals surface area contributed by atoms with Crippen LogP contribution in [0.5, 0.6) is 11.5 Å². The summed E-state index contributed by atoms with van der Waals surface area (Å²) >= 11 is 0. The third-order valence-electron chi connectivity index (χ3n) is 4.63. The molecule has 4 heteroatoms. The molecule has 25 heavy (non-hydrogen) atoms. The summed E-state index contributed by atoms with van der Waals surface area (Å²) < 4.78 is 5.91. The molecule has 0 bridgehead atoms. The van der Waals surface area contributed by atoms with Crippen molar-refractivity contribution in [2.24, 2.45) is 5.92 Å². The zero-order valence-corrected chi connectivity index (χ0v) is 14.6. The van der Waals surface area contributed by atoms with Crippen molar-refractivity contribution in [1.82, 2.24) is 4.90 Å². The lowest BCUT2D eigenvalue weighted by Gasteiger charge is -2.31. The topological polar surface area (TPSA) is 49.8 Å². The Morgan fingerprint density at radius 2 is 2.04 bits per heavy atom. The number of rotatable bonds is 5. The van der Waals surface area contributed by atoms with Crippen molar-refractivity contribution >= 4 is 5.91 Å². The first-order valence-corrected chi connectivity index (χ1v) is 8.88. The Hall–Kier alpha value is -2.49. The van der Waals surface area contributed by atoms with Crippen LogP contribution >= 0.6 is 0 Å². The number of hydrogen-bond donors (Lipinski definition) is 1. The smallest absolute Gasteiger partial charge is 0.227 e. The Morgan fingerprint density at radius 3 is 2.80 bits per heavy atom. The number of benzene rings is 2. The molecule has 1 fully saturated rings. The van der Waals surface area contributed by atoms with E-state index in [0.29, 0.717) is 18.3 Å². The molecule has 1 heterocycles. The SMILES string of the molecule is CC1CCCN(C(=O)Cc2cc(O)ccc2OCc2ccccc2)C1. The summed E-state index contributed by atoms with van der Waals surface area (Å²) in [5, 5.41) is 9.81. The van der Waals surface area contributed by atoms with Crippen molar-refractivity contribution in [2.45, 2.75) is 32.8 Å². The largest absolute Gasteiger partial charge is 0.508 e. The number of ether oxygens (including phenoxy) is 1. The van der Waals surface area contributed by atoms with Gasteiger partial charge in [0.2, 0.25) is 5.91 Å². The molecule has 3 rings (SSSR count). The Kier molecular flexibility index (Phi) is 5.59. The fraction of sp³-hybridized carbons (Fsp3) is 0.381. The summed E-state index contributed by atoms with van der Waals surface area (Å²) in [6.07, 6.45) is 2.50. The molecule has 0 saturated carbocycles. The van der Waals surface area contributed by atoms with Gasteiger partial charge in [-0.2, -0.15) is 0 Å². The maximum Gasteiger partial charge on any atom is 0.227 e. The molecule has 1 unspecified atom stereocenters. The van der Waals surface area contributed by atoms with E-state index in [4.69, 9.17) is 4.74 Å². The zero-order valence-electron chi connectivity index (χ0n) is 14.6. The van der Waals surface area contributed by atoms with Crippen molar-refractivity contribution < 1.29 is 14.6 Å². The molecule has 0 aromatic heterocycles. The van der Waals surface area contributed by atoms with Gasteiger partial charge in [0, 0.05) is 18.7 Å². The minimum atomic E-state index is 0.0988. The fourth-order valence-corrected chi connectivity index (χ4v) is 3.27. The second kappa shape index (κ2) is 8.06. The van der Waals surface area contributed by atoms with Crippen LogP contribution in [0.15, 0.2) is 48.5 Å². The molecule has 1 aliphatic heterocycles. The van der Waals surface area contributed by atoms with Crippen LogP contribution in [0.4, 0.5) is 0 Å². The molecule has 1 atom stereocenters. The van der Waals surface area contributed by atoms with Crippen LogP contribution in [0.2, 0.25) is 0 Å². The molecule has 4 nitrogen and oxygen atoms in total. The molecule has 0 spiro atoms. The van der Waals surface area contributed by atoms with Crippen molar-refractivity contribution in [1.29, 1.82) is 0 Å². The summed E-state index contributed by atoms with van der Waals surface area (Å²) in [5.74, 6) is 1.46. The van der Waals surface area contributed by atoms with Gasteiger partial charge in [0.05, 0.1) is 6.42 Å². The first-order valence-electron chi connectivity index (χ1n) is 8.88. The maximum absolute atomic E-state index is 12.6. The molecular formula is C21H25NO3. The predicted molar refractivity (Wildman–Crippen MR) is 97.6 cm³/mol. The lowest BCUT2D eigenvalue weighted by molar-refractivity contribution is -0.132. The van der Waals surface area contributed by atoms with Gasteiger partial charge in [-0.05, 0) is 42.5 Å². The quantitative estimate of drug-likeness (QED) is 0.902. The number of likely N-dealkylation sites (tertiary alicyclic amines) is 1. The van der Waals surface area contributed by atoms with E-state index in [-0.39, 0.29) is 18.1 Å². The summed E-state index contributed by atoms with van der Waals surface area (Å²) in [6.45, 7) is 4.26. The summed E-state index contributed by atoms with van der Waals surface area (Å²) in [7, 11) is 0. The van der Waals surface area contributed by atoms with Gasteiger partial charge in [-0.15, -0.1) is 0 Å². The van der Waals surface area contributed by atoms with E-state index >= 15 is 0 Å². The third-order valence-corrected chi connectivity index (χ3v) is 4.63. The Labute approximate surface area is 149 Å². The highest BCUT2D eigenvalue weighted by Gasteiger charge is 2.22. The Bertz CT molecular complexity index is 714. The maximum atomic E-state index is 12.6. The van der Waals surface area contributed by atoms with Gasteiger partial charge in [-0.25, -0.2) is 0 Å². The van der Waals surface area contributed by atoms with Gasteiger partial charge in [0.25, 0.3) is 0 Å². The second-order valence-electron chi connectivity index (χ2n) is 6.83. The lowest BCUT2D eigenvalue weighted by Crippen LogP contribution is -2.39. The standard InChI is InChI=1S/C21H25NO3/c1-16-6-5-11-22(14-16)21(24)13-18-12-19(23)9-10-20(18)25-15-17-7-3-2-4-8-17/h2-4,7-10,12,16,23H,5-6,11,13-15H2,1H3. The first-order chi connectivity index (χ1) is 12.1. The van der Waals surface area contributed by atoms with Crippen LogP contribution in [-0.4, -0.2) is 29.0 Å². The van der Waals surface area contributed by atoms with E-state index in [0.717, 1.165) is 30.6 Å². The molecule has 1 amide bonds. The van der Waals surface area contributed by atoms with E-state index in [1.165, 1.54) is 6.42 Å². The fourth-order valence-electron chi connectivity index (χ4n) is 3.27. The van der Waals surface area contributed by atoms with Crippen molar-refractivity contribution in [3.05, 3.63) is 59.7 Å². The molecule has 1 saturated heterocycles. The molecule has 0 radical (unpaired) electrons. The van der Waals surface area contributed by atoms with Gasteiger partial charge < -0.3 is 14.7 Å². The molecule has 1 aliphatic rings. The van der Waals surface area contributed by atoms with Crippen molar-refractivity contribution in [2.75, 3.05) is 13.1 Å². The highest BCUT2D eigenvalue weighted by molar-refractivity contribution is 5.79. The van der Waals surface area contributed by atoms with Crippen LogP contribution < -0.4 is 4.74 Å². The minimum Gasteiger partial charge on any atom is -0.508 e. The predicted octanol–water partition coefficient (Wildman–Crippen LogP) is 3.77. The third kappa shape index (κ3) is 4.75. The van der Waals surface area contributed by atoms with E-state index in [1.807, 2.05) is 35.2 Å². The number of piperidine rings is 1. The molecule has 2 aromatic rings. The molecule has 132 valence electrons. The monoisotopic (exact) mass is 339 g/mol. The second-order valence-corrected chi connectivity index (χ2v) is 6.83. The molecular weight excluding hydrogens is 314 g/mol. The minimum absolute atomic E-state index is 0.0988. The number of aromatic hydroxyl groups is 1. The van der Waals surface area contributed by atoms with E-state index < -0.39 is 0 Å². The van der Waals surface area contributed by atoms with Gasteiger partial charge in [0.15, 0.2) is 0 Å². The van der Waals surface area contributed by atoms with Crippen LogP contribution in [0.25, 0.3) is 0 Å². The normalized spacial score (nSPS) is 17.3. The zero-order chi connectivity index (χ0) is 17.6. The van der Waals surface area contributed by atoms with Crippen molar-refractivity contribution in [3.8, 4) is 11.5 Å². The molecule has 2 aromatic carbocycles. The molecule has 1 N–H and O–H groups in total. The Balaban J connectivity index is 1.69. The first kappa shape index (κ1) is 17.3. The highest BCUT2D eigenvalue weighted by atomic mass is 16.5. The van der Waals surface area contributed by atoms with Crippen LogP contribution in [0.3, 0.4) is 0 Å². The van der Waals surface area contributed by atoms with Crippen molar-refractivity contribution in [3.63, 3.8) is 0 Å². The van der Waals surface area contributed by atoms with Gasteiger partial charge in [-0.3, -0.25) is 4.79 Å². The lowest BCUT2D eigenvalue weighted by atomic mass is 9.99. The average Bonchev–Trinajstić information content (AvgIpc) is 2.62. The number of carbonyl (C=O) groups is 1. The van der Waals surface area contributed by atoms with E-state index in [2.05, 4.69) is 6.92 Å². The number of carbonyl (C=O) groups excluding carboxylic acids is 1. The number of hydrogen-bond acceptors (Lipinski definition) is 3. The summed E-state index contributed by atoms with van der Waals surface area (Å²) in [5.41, 5.74) is 1.80. The van der Waals surface area contributed by atoms with Crippen LogP contribution in [0, 0.1) is 5.92 Å². The molecule has 0 aliphatic carbocycles. The van der Waals surface area contributed by atoms with Crippen LogP contribution in [0.1, 0.15) is 30.9 Å². The van der Waals surface area contributed by atoms with Gasteiger partial charge in [0.1, 0.15) is 18.1 Å². The number of phenolic OH excluding ortho intramolecular Hbond substituents is 1. The number of phenols is 1. The Morgan fingerprint density at radius 1 is 1.24 bits per heavy atom. The van der Waals surface area contributed by atoms with E-state index in [1.54, 1.807) is 18.2 Å². The summed E-state index contributed by atoms with van der Waals surface area (Å²) in [6, 6.07) is 14.9. The van der Waals surface area contributed by atoms with Crippen LogP contribution in [-0.2, 0) is 17.8 Å². The summed E-state index contributed by atoms with van der Waals surface area (Å²) in [4.78, 5) is 14.6. The van der Waals surface area contributed by atoms with Gasteiger partial charge in [-0.1, -0.05) is 37.3 Å². The average molecular weight is 339 g/mol. The highest BCUT2D eigenvalue weighted by Crippen LogP contribution is 2.26. The van der Waals surface area contributed by atoms with E-state index in [9.17, 15) is 9.90 Å². The number of amides is 1. The van der Waals surface area contributed by atoms with Gasteiger partial charge >= 0.3 is 0 Å².